The zero-order chi connectivity index (χ0) is 10.8. The standard InChI is InChI=1S/C13H29N/c1-5-8-13(10-12(4)7-3)11-14-9-6-2/h12-14H,5-11H2,1-4H3. The molecule has 0 aliphatic rings. The van der Waals surface area contributed by atoms with E-state index >= 15 is 0 Å². The molecule has 0 aromatic heterocycles. The van der Waals surface area contributed by atoms with Gasteiger partial charge in [0.2, 0.25) is 0 Å². The van der Waals surface area contributed by atoms with E-state index in [0.29, 0.717) is 0 Å². The summed E-state index contributed by atoms with van der Waals surface area (Å²) in [7, 11) is 0. The lowest BCUT2D eigenvalue weighted by Gasteiger charge is -2.20. The summed E-state index contributed by atoms with van der Waals surface area (Å²) in [4.78, 5) is 0. The Balaban J connectivity index is 3.65. The highest BCUT2D eigenvalue weighted by Gasteiger charge is 2.10. The first-order valence-corrected chi connectivity index (χ1v) is 6.45. The van der Waals surface area contributed by atoms with Gasteiger partial charge in [-0.3, -0.25) is 0 Å². The Bertz CT molecular complexity index is 112. The van der Waals surface area contributed by atoms with Crippen LogP contribution >= 0.6 is 0 Å². The lowest BCUT2D eigenvalue weighted by molar-refractivity contribution is 0.345. The fourth-order valence-corrected chi connectivity index (χ4v) is 1.93. The Morgan fingerprint density at radius 1 is 1.07 bits per heavy atom. The molecule has 0 rings (SSSR count). The molecule has 0 amide bonds. The van der Waals surface area contributed by atoms with Crippen LogP contribution in [0.1, 0.15) is 59.8 Å². The van der Waals surface area contributed by atoms with Crippen LogP contribution in [0.2, 0.25) is 0 Å². The molecule has 2 unspecified atom stereocenters. The lowest BCUT2D eigenvalue weighted by atomic mass is 9.91. The van der Waals surface area contributed by atoms with Gasteiger partial charge in [-0.2, -0.15) is 0 Å². The van der Waals surface area contributed by atoms with Crippen LogP contribution in [0.5, 0.6) is 0 Å². The van der Waals surface area contributed by atoms with Gasteiger partial charge in [0.05, 0.1) is 0 Å². The van der Waals surface area contributed by atoms with Crippen LogP contribution in [0.4, 0.5) is 0 Å². The van der Waals surface area contributed by atoms with E-state index in [9.17, 15) is 0 Å². The number of rotatable bonds is 9. The van der Waals surface area contributed by atoms with E-state index in [1.807, 2.05) is 0 Å². The van der Waals surface area contributed by atoms with E-state index in [0.717, 1.165) is 11.8 Å². The second-order valence-electron chi connectivity index (χ2n) is 4.61. The zero-order valence-electron chi connectivity index (χ0n) is 10.6. The molecule has 0 spiro atoms. The fourth-order valence-electron chi connectivity index (χ4n) is 1.93. The van der Waals surface area contributed by atoms with Gasteiger partial charge < -0.3 is 5.32 Å². The van der Waals surface area contributed by atoms with E-state index < -0.39 is 0 Å². The van der Waals surface area contributed by atoms with Crippen LogP contribution in [0.15, 0.2) is 0 Å². The van der Waals surface area contributed by atoms with Crippen molar-refractivity contribution in [3.63, 3.8) is 0 Å². The molecule has 0 bridgehead atoms. The third kappa shape index (κ3) is 7.37. The molecule has 0 aromatic carbocycles. The molecule has 0 saturated carbocycles. The average molecular weight is 199 g/mol. The molecule has 0 aliphatic heterocycles. The second kappa shape index (κ2) is 9.51. The fraction of sp³-hybridized carbons (Fsp3) is 1.00. The SMILES string of the molecule is CCCNCC(CCC)CC(C)CC. The normalized spacial score (nSPS) is 15.4. The first kappa shape index (κ1) is 14.0. The van der Waals surface area contributed by atoms with Crippen molar-refractivity contribution in [2.24, 2.45) is 11.8 Å². The van der Waals surface area contributed by atoms with Crippen LogP contribution < -0.4 is 5.32 Å². The maximum absolute atomic E-state index is 3.55. The smallest absolute Gasteiger partial charge is 0.00204 e. The summed E-state index contributed by atoms with van der Waals surface area (Å²) in [6, 6.07) is 0. The van der Waals surface area contributed by atoms with Crippen LogP contribution in [0, 0.1) is 11.8 Å². The van der Waals surface area contributed by atoms with E-state index in [2.05, 4.69) is 33.0 Å². The molecular formula is C13H29N. The first-order chi connectivity index (χ1) is 6.74. The number of nitrogens with one attached hydrogen (secondary N) is 1. The highest BCUT2D eigenvalue weighted by molar-refractivity contribution is 4.65. The molecule has 86 valence electrons. The summed E-state index contributed by atoms with van der Waals surface area (Å²) in [6.45, 7) is 11.6. The third-order valence-electron chi connectivity index (χ3n) is 2.99. The maximum atomic E-state index is 3.55. The Morgan fingerprint density at radius 2 is 1.79 bits per heavy atom. The topological polar surface area (TPSA) is 12.0 Å². The monoisotopic (exact) mass is 199 g/mol. The summed E-state index contributed by atoms with van der Waals surface area (Å²) in [5, 5.41) is 3.55. The minimum Gasteiger partial charge on any atom is -0.316 e. The molecule has 1 nitrogen and oxygen atoms in total. The van der Waals surface area contributed by atoms with Gasteiger partial charge in [-0.25, -0.2) is 0 Å². The quantitative estimate of drug-likeness (QED) is 0.556. The zero-order valence-corrected chi connectivity index (χ0v) is 10.6. The molecular weight excluding hydrogens is 170 g/mol. The van der Waals surface area contributed by atoms with Gasteiger partial charge in [-0.15, -0.1) is 0 Å². The highest BCUT2D eigenvalue weighted by Crippen LogP contribution is 2.18. The van der Waals surface area contributed by atoms with Gasteiger partial charge in [0.15, 0.2) is 0 Å². The van der Waals surface area contributed by atoms with Gasteiger partial charge in [0.1, 0.15) is 0 Å². The van der Waals surface area contributed by atoms with Crippen LogP contribution in [-0.4, -0.2) is 13.1 Å². The van der Waals surface area contributed by atoms with E-state index in [1.54, 1.807) is 0 Å². The van der Waals surface area contributed by atoms with Crippen LogP contribution in [0.3, 0.4) is 0 Å². The summed E-state index contributed by atoms with van der Waals surface area (Å²) >= 11 is 0. The molecule has 2 atom stereocenters. The van der Waals surface area contributed by atoms with Crippen molar-refractivity contribution in [1.82, 2.24) is 5.32 Å². The molecule has 0 saturated heterocycles. The van der Waals surface area contributed by atoms with Crippen molar-refractivity contribution in [3.8, 4) is 0 Å². The summed E-state index contributed by atoms with van der Waals surface area (Å²) < 4.78 is 0. The minimum absolute atomic E-state index is 0.898. The molecule has 1 heteroatoms. The molecule has 14 heavy (non-hydrogen) atoms. The maximum Gasteiger partial charge on any atom is -0.00204 e. The van der Waals surface area contributed by atoms with Crippen molar-refractivity contribution in [2.45, 2.75) is 59.8 Å². The van der Waals surface area contributed by atoms with Crippen molar-refractivity contribution < 1.29 is 0 Å². The van der Waals surface area contributed by atoms with Crippen LogP contribution in [-0.2, 0) is 0 Å². The van der Waals surface area contributed by atoms with Crippen LogP contribution in [0.25, 0.3) is 0 Å². The van der Waals surface area contributed by atoms with Gasteiger partial charge in [-0.05, 0) is 44.2 Å². The summed E-state index contributed by atoms with van der Waals surface area (Å²) in [6.07, 6.45) is 6.70. The average Bonchev–Trinajstić information content (AvgIpc) is 2.18. The molecule has 0 aromatic rings. The number of hydrogen-bond donors (Lipinski definition) is 1. The van der Waals surface area contributed by atoms with Crippen molar-refractivity contribution in [1.29, 1.82) is 0 Å². The predicted octanol–water partition coefficient (Wildman–Crippen LogP) is 3.84. The summed E-state index contributed by atoms with van der Waals surface area (Å²) in [5.41, 5.74) is 0. The van der Waals surface area contributed by atoms with E-state index in [1.165, 1.54) is 45.2 Å². The molecule has 1 N–H and O–H groups in total. The van der Waals surface area contributed by atoms with Gasteiger partial charge in [0.25, 0.3) is 0 Å². The minimum atomic E-state index is 0.898. The Labute approximate surface area is 90.7 Å². The molecule has 0 heterocycles. The highest BCUT2D eigenvalue weighted by atomic mass is 14.8. The summed E-state index contributed by atoms with van der Waals surface area (Å²) in [5.74, 6) is 1.80. The van der Waals surface area contributed by atoms with Gasteiger partial charge >= 0.3 is 0 Å². The second-order valence-corrected chi connectivity index (χ2v) is 4.61. The van der Waals surface area contributed by atoms with E-state index in [-0.39, 0.29) is 0 Å². The van der Waals surface area contributed by atoms with Gasteiger partial charge in [-0.1, -0.05) is 40.5 Å². The Morgan fingerprint density at radius 3 is 2.29 bits per heavy atom. The first-order valence-electron chi connectivity index (χ1n) is 6.45. The Hall–Kier alpha value is -0.0400. The van der Waals surface area contributed by atoms with Crippen molar-refractivity contribution >= 4 is 0 Å². The van der Waals surface area contributed by atoms with Crippen molar-refractivity contribution in [2.75, 3.05) is 13.1 Å². The molecule has 0 fully saturated rings. The lowest BCUT2D eigenvalue weighted by Crippen LogP contribution is -2.24. The Kier molecular flexibility index (Phi) is 9.49. The molecule has 0 aliphatic carbocycles. The van der Waals surface area contributed by atoms with E-state index in [4.69, 9.17) is 0 Å². The van der Waals surface area contributed by atoms with Gasteiger partial charge in [0, 0.05) is 0 Å². The predicted molar refractivity (Wildman–Crippen MR) is 65.6 cm³/mol. The van der Waals surface area contributed by atoms with Crippen molar-refractivity contribution in [3.05, 3.63) is 0 Å². The molecule has 0 radical (unpaired) electrons. The third-order valence-corrected chi connectivity index (χ3v) is 2.99. The largest absolute Gasteiger partial charge is 0.316 e. The number of hydrogen-bond acceptors (Lipinski definition) is 1.